The molecule has 0 spiro atoms. The zero-order chi connectivity index (χ0) is 16.9. The number of benzene rings is 3. The molecule has 4 heteroatoms. The fourth-order valence-corrected chi connectivity index (χ4v) is 4.08. The van der Waals surface area contributed by atoms with Gasteiger partial charge in [0, 0.05) is 11.1 Å². The predicted molar refractivity (Wildman–Crippen MR) is 93.6 cm³/mol. The summed E-state index contributed by atoms with van der Waals surface area (Å²) < 4.78 is 6.27. The van der Waals surface area contributed by atoms with E-state index in [1.54, 1.807) is 0 Å². The average Bonchev–Trinajstić information content (AvgIpc) is 2.99. The van der Waals surface area contributed by atoms with E-state index in [4.69, 9.17) is 26.1 Å². The van der Waals surface area contributed by atoms with Crippen molar-refractivity contribution in [3.63, 3.8) is 0 Å². The first kappa shape index (κ1) is 15.1. The van der Waals surface area contributed by atoms with Crippen LogP contribution >= 0.6 is 11.6 Å². The van der Waals surface area contributed by atoms with Crippen LogP contribution in [0.1, 0.15) is 28.2 Å². The highest BCUT2D eigenvalue weighted by atomic mass is 35.5. The molecule has 2 heterocycles. The van der Waals surface area contributed by atoms with Crippen LogP contribution in [0.15, 0.2) is 84.9 Å². The summed E-state index contributed by atoms with van der Waals surface area (Å²) in [6, 6.07) is 27.8. The quantitative estimate of drug-likeness (QED) is 0.480. The van der Waals surface area contributed by atoms with Crippen molar-refractivity contribution in [2.75, 3.05) is 0 Å². The van der Waals surface area contributed by atoms with Crippen molar-refractivity contribution in [3.8, 4) is 0 Å². The summed E-state index contributed by atoms with van der Waals surface area (Å²) in [6.07, 6.45) is 0. The van der Waals surface area contributed by atoms with Crippen LogP contribution in [0.3, 0.4) is 0 Å². The molecule has 2 bridgehead atoms. The standard InChI is InChI=1S/C21H15ClO3/c22-21-18-14-8-7-13-17(18)19(15-9-3-1-4-10-15)20(23-21,24-25-21)16-11-5-2-6-12-16/h1-14,19H/t19-,20-,21+/m1/s1. The molecule has 0 amide bonds. The Kier molecular flexibility index (Phi) is 3.27. The van der Waals surface area contributed by atoms with Crippen LogP contribution in [0.4, 0.5) is 0 Å². The minimum atomic E-state index is -1.45. The molecular formula is C21H15ClO3. The largest absolute Gasteiger partial charge is 0.308 e. The highest BCUT2D eigenvalue weighted by molar-refractivity contribution is 6.22. The maximum atomic E-state index is 6.65. The lowest BCUT2D eigenvalue weighted by atomic mass is 9.77. The van der Waals surface area contributed by atoms with Crippen molar-refractivity contribution >= 4 is 11.6 Å². The van der Waals surface area contributed by atoms with E-state index in [0.717, 1.165) is 22.3 Å². The summed E-state index contributed by atoms with van der Waals surface area (Å²) in [7, 11) is 0. The van der Waals surface area contributed by atoms with E-state index in [1.165, 1.54) is 0 Å². The molecule has 3 atom stereocenters. The number of ether oxygens (including phenoxy) is 1. The van der Waals surface area contributed by atoms with Crippen molar-refractivity contribution in [3.05, 3.63) is 107 Å². The fourth-order valence-electron chi connectivity index (χ4n) is 3.77. The monoisotopic (exact) mass is 350 g/mol. The van der Waals surface area contributed by atoms with Crippen LogP contribution in [0.2, 0.25) is 0 Å². The van der Waals surface area contributed by atoms with Crippen LogP contribution in [-0.4, -0.2) is 0 Å². The highest BCUT2D eigenvalue weighted by Gasteiger charge is 2.64. The second-order valence-corrected chi connectivity index (χ2v) is 6.77. The van der Waals surface area contributed by atoms with Gasteiger partial charge in [-0.05, 0) is 22.7 Å². The molecule has 0 aliphatic carbocycles. The van der Waals surface area contributed by atoms with E-state index < -0.39 is 11.0 Å². The Bertz CT molecular complexity index is 915. The Balaban J connectivity index is 1.81. The van der Waals surface area contributed by atoms with E-state index >= 15 is 0 Å². The molecule has 2 aliphatic heterocycles. The first-order valence-corrected chi connectivity index (χ1v) is 8.56. The van der Waals surface area contributed by atoms with Gasteiger partial charge in [-0.1, -0.05) is 84.9 Å². The van der Waals surface area contributed by atoms with E-state index in [2.05, 4.69) is 18.2 Å². The van der Waals surface area contributed by atoms with E-state index in [0.29, 0.717) is 0 Å². The van der Waals surface area contributed by atoms with Crippen LogP contribution in [0.25, 0.3) is 0 Å². The topological polar surface area (TPSA) is 27.7 Å². The number of halogens is 1. The zero-order valence-electron chi connectivity index (χ0n) is 13.3. The van der Waals surface area contributed by atoms with E-state index in [1.807, 2.05) is 66.7 Å². The Labute approximate surface area is 150 Å². The summed E-state index contributed by atoms with van der Waals surface area (Å²) in [5, 5.41) is -1.45. The van der Waals surface area contributed by atoms with Gasteiger partial charge in [0.1, 0.15) is 0 Å². The lowest BCUT2D eigenvalue weighted by Gasteiger charge is -2.40. The van der Waals surface area contributed by atoms with E-state index in [9.17, 15) is 0 Å². The third kappa shape index (κ3) is 2.11. The maximum Gasteiger partial charge on any atom is 0.308 e. The molecule has 0 saturated carbocycles. The molecule has 25 heavy (non-hydrogen) atoms. The van der Waals surface area contributed by atoms with Crippen molar-refractivity contribution in [2.45, 2.75) is 17.0 Å². The van der Waals surface area contributed by atoms with Crippen molar-refractivity contribution in [2.24, 2.45) is 0 Å². The second-order valence-electron chi connectivity index (χ2n) is 6.27. The average molecular weight is 351 g/mol. The van der Waals surface area contributed by atoms with Crippen LogP contribution in [0.5, 0.6) is 0 Å². The molecule has 2 aliphatic rings. The van der Waals surface area contributed by atoms with Crippen LogP contribution < -0.4 is 0 Å². The third-order valence-corrected chi connectivity index (χ3v) is 5.18. The Morgan fingerprint density at radius 3 is 2.12 bits per heavy atom. The summed E-state index contributed by atoms with van der Waals surface area (Å²) in [5.74, 6) is -1.35. The van der Waals surface area contributed by atoms with E-state index in [-0.39, 0.29) is 5.92 Å². The van der Waals surface area contributed by atoms with Gasteiger partial charge in [-0.25, -0.2) is 0 Å². The highest BCUT2D eigenvalue weighted by Crippen LogP contribution is 2.61. The van der Waals surface area contributed by atoms with Crippen molar-refractivity contribution < 1.29 is 14.5 Å². The molecule has 1 fully saturated rings. The fraction of sp³-hybridized carbons (Fsp3) is 0.143. The summed E-state index contributed by atoms with van der Waals surface area (Å²) in [4.78, 5) is 11.4. The number of fused-ring (bicyclic) bond motifs is 4. The molecule has 3 nitrogen and oxygen atoms in total. The predicted octanol–water partition coefficient (Wildman–Crippen LogP) is 5.01. The zero-order valence-corrected chi connectivity index (χ0v) is 14.0. The summed E-state index contributed by atoms with van der Waals surface area (Å²) in [5.41, 5.74) is 3.75. The van der Waals surface area contributed by atoms with Gasteiger partial charge in [-0.2, -0.15) is 9.78 Å². The SMILES string of the molecule is Cl[C@]12OO[C@@](c3ccccc3)(O1)[C@H](c1ccccc1)c1ccccc12. The number of alkyl halides is 1. The minimum absolute atomic E-state index is 0.207. The summed E-state index contributed by atoms with van der Waals surface area (Å²) >= 11 is 6.65. The van der Waals surface area contributed by atoms with Gasteiger partial charge < -0.3 is 0 Å². The number of rotatable bonds is 2. The Morgan fingerprint density at radius 2 is 1.36 bits per heavy atom. The first-order chi connectivity index (χ1) is 12.2. The molecule has 3 aromatic rings. The lowest BCUT2D eigenvalue weighted by Crippen LogP contribution is -2.42. The molecule has 0 radical (unpaired) electrons. The van der Waals surface area contributed by atoms with Crippen LogP contribution in [-0.2, 0) is 25.5 Å². The molecular weight excluding hydrogens is 336 g/mol. The van der Waals surface area contributed by atoms with Crippen molar-refractivity contribution in [1.29, 1.82) is 0 Å². The molecule has 0 unspecified atom stereocenters. The summed E-state index contributed by atoms with van der Waals surface area (Å²) in [6.45, 7) is 0. The first-order valence-electron chi connectivity index (χ1n) is 8.19. The molecule has 3 aromatic carbocycles. The van der Waals surface area contributed by atoms with Gasteiger partial charge in [0.15, 0.2) is 0 Å². The van der Waals surface area contributed by atoms with Crippen molar-refractivity contribution in [1.82, 2.24) is 0 Å². The number of hydrogen-bond donors (Lipinski definition) is 0. The van der Waals surface area contributed by atoms with Gasteiger partial charge in [0.25, 0.3) is 0 Å². The maximum absolute atomic E-state index is 6.65. The Hall–Kier alpha value is -2.17. The molecule has 1 saturated heterocycles. The normalized spacial score (nSPS) is 30.0. The van der Waals surface area contributed by atoms with Crippen LogP contribution in [0, 0.1) is 0 Å². The van der Waals surface area contributed by atoms with Gasteiger partial charge in [-0.3, -0.25) is 4.74 Å². The molecule has 0 N–H and O–H groups in total. The van der Waals surface area contributed by atoms with Gasteiger partial charge in [0.05, 0.1) is 5.92 Å². The van der Waals surface area contributed by atoms with Gasteiger partial charge >= 0.3 is 5.25 Å². The third-order valence-electron chi connectivity index (χ3n) is 4.84. The molecule has 5 rings (SSSR count). The molecule has 0 aromatic heterocycles. The number of hydrogen-bond acceptors (Lipinski definition) is 3. The Morgan fingerprint density at radius 1 is 0.720 bits per heavy atom. The second kappa shape index (κ2) is 5.41. The molecule has 124 valence electrons. The van der Waals surface area contributed by atoms with Gasteiger partial charge in [0.2, 0.25) is 5.79 Å². The smallest absolute Gasteiger partial charge is 0.291 e. The lowest BCUT2D eigenvalue weighted by molar-refractivity contribution is -0.343. The van der Waals surface area contributed by atoms with Gasteiger partial charge in [-0.15, -0.1) is 0 Å². The minimum Gasteiger partial charge on any atom is -0.291 e.